The van der Waals surface area contributed by atoms with E-state index in [-0.39, 0.29) is 10.9 Å². The summed E-state index contributed by atoms with van der Waals surface area (Å²) in [6.07, 6.45) is 3.20. The van der Waals surface area contributed by atoms with E-state index in [1.54, 1.807) is 41.3 Å². The van der Waals surface area contributed by atoms with E-state index in [9.17, 15) is 13.2 Å². The number of hydrogen-bond donors (Lipinski definition) is 2. The summed E-state index contributed by atoms with van der Waals surface area (Å²) in [5, 5.41) is 2.81. The minimum Gasteiger partial charge on any atom is -0.325 e. The molecule has 0 radical (unpaired) electrons. The van der Waals surface area contributed by atoms with Crippen molar-refractivity contribution < 1.29 is 13.2 Å². The highest BCUT2D eigenvalue weighted by atomic mass is 32.2. The first kappa shape index (κ1) is 17.3. The number of hydrogen-bond acceptors (Lipinski definition) is 3. The number of para-hydroxylation sites is 1. The van der Waals surface area contributed by atoms with Gasteiger partial charge in [0.2, 0.25) is 0 Å². The van der Waals surface area contributed by atoms with E-state index in [0.29, 0.717) is 11.4 Å². The number of nitrogens with one attached hydrogen (secondary N) is 2. The lowest BCUT2D eigenvalue weighted by atomic mass is 10.1. The molecule has 1 fully saturated rings. The molecule has 0 saturated carbocycles. The van der Waals surface area contributed by atoms with Gasteiger partial charge in [-0.2, -0.15) is 0 Å². The van der Waals surface area contributed by atoms with Crippen LogP contribution in [-0.4, -0.2) is 32.4 Å². The Morgan fingerprint density at radius 3 is 2.12 bits per heavy atom. The van der Waals surface area contributed by atoms with Crippen molar-refractivity contribution in [2.24, 2.45) is 0 Å². The van der Waals surface area contributed by atoms with Crippen LogP contribution in [0, 0.1) is 0 Å². The number of urea groups is 1. The molecule has 2 N–H and O–H groups in total. The average molecular weight is 359 g/mol. The van der Waals surface area contributed by atoms with Crippen molar-refractivity contribution >= 4 is 27.4 Å². The zero-order valence-corrected chi connectivity index (χ0v) is 14.6. The third-order valence-corrected chi connectivity index (χ3v) is 5.48. The van der Waals surface area contributed by atoms with Crippen LogP contribution < -0.4 is 10.0 Å². The lowest BCUT2D eigenvalue weighted by Crippen LogP contribution is -2.38. The van der Waals surface area contributed by atoms with Crippen molar-refractivity contribution in [3.05, 3.63) is 54.6 Å². The van der Waals surface area contributed by atoms with Crippen LogP contribution in [0.2, 0.25) is 0 Å². The lowest BCUT2D eigenvalue weighted by molar-refractivity contribution is 0.200. The standard InChI is InChI=1S/C18H21N3O3S/c22-18(21-13-5-2-6-14-21)19-15-9-11-17(12-10-15)25(23,24)20-16-7-3-1-4-8-16/h1,3-4,7-12,20H,2,5-6,13-14H2,(H,19,22). The highest BCUT2D eigenvalue weighted by Gasteiger charge is 2.17. The van der Waals surface area contributed by atoms with Gasteiger partial charge < -0.3 is 10.2 Å². The molecule has 0 spiro atoms. The van der Waals surface area contributed by atoms with E-state index in [4.69, 9.17) is 0 Å². The molecular formula is C18H21N3O3S. The normalized spacial score (nSPS) is 14.8. The number of carbonyl (C=O) groups is 1. The molecule has 7 heteroatoms. The maximum atomic E-state index is 12.4. The van der Waals surface area contributed by atoms with Crippen molar-refractivity contribution in [3.8, 4) is 0 Å². The first-order chi connectivity index (χ1) is 12.0. The molecule has 0 unspecified atom stereocenters. The number of amides is 2. The highest BCUT2D eigenvalue weighted by molar-refractivity contribution is 7.92. The molecule has 2 aromatic carbocycles. The summed E-state index contributed by atoms with van der Waals surface area (Å²) in [6, 6.07) is 14.7. The molecule has 0 bridgehead atoms. The molecule has 1 aliphatic rings. The van der Waals surface area contributed by atoms with Crippen LogP contribution >= 0.6 is 0 Å². The van der Waals surface area contributed by atoms with E-state index < -0.39 is 10.0 Å². The molecular weight excluding hydrogens is 338 g/mol. The quantitative estimate of drug-likeness (QED) is 0.877. The fourth-order valence-electron chi connectivity index (χ4n) is 2.74. The molecule has 2 amide bonds. The maximum Gasteiger partial charge on any atom is 0.321 e. The van der Waals surface area contributed by atoms with Crippen molar-refractivity contribution in [3.63, 3.8) is 0 Å². The van der Waals surface area contributed by atoms with E-state index in [2.05, 4.69) is 10.0 Å². The topological polar surface area (TPSA) is 78.5 Å². The molecule has 1 aliphatic heterocycles. The third kappa shape index (κ3) is 4.51. The Labute approximate surface area is 147 Å². The largest absolute Gasteiger partial charge is 0.325 e. The summed E-state index contributed by atoms with van der Waals surface area (Å²) < 4.78 is 27.3. The highest BCUT2D eigenvalue weighted by Crippen LogP contribution is 2.19. The molecule has 0 atom stereocenters. The minimum atomic E-state index is -3.65. The predicted molar refractivity (Wildman–Crippen MR) is 98.1 cm³/mol. The molecule has 2 aromatic rings. The number of benzene rings is 2. The molecule has 0 aliphatic carbocycles. The Bertz CT molecular complexity index is 814. The Morgan fingerprint density at radius 2 is 1.48 bits per heavy atom. The van der Waals surface area contributed by atoms with E-state index >= 15 is 0 Å². The van der Waals surface area contributed by atoms with E-state index in [1.807, 2.05) is 6.07 Å². The number of piperidine rings is 1. The molecule has 25 heavy (non-hydrogen) atoms. The lowest BCUT2D eigenvalue weighted by Gasteiger charge is -2.26. The van der Waals surface area contributed by atoms with E-state index in [1.165, 1.54) is 12.1 Å². The van der Waals surface area contributed by atoms with Gasteiger partial charge in [0.25, 0.3) is 10.0 Å². The minimum absolute atomic E-state index is 0.141. The summed E-state index contributed by atoms with van der Waals surface area (Å²) >= 11 is 0. The van der Waals surface area contributed by atoms with Crippen LogP contribution in [0.4, 0.5) is 16.2 Å². The Kier molecular flexibility index (Phi) is 5.23. The number of nitrogens with zero attached hydrogens (tertiary/aromatic N) is 1. The second kappa shape index (κ2) is 7.57. The summed E-state index contributed by atoms with van der Waals surface area (Å²) in [7, 11) is -3.65. The van der Waals surface area contributed by atoms with Crippen molar-refractivity contribution in [1.82, 2.24) is 4.90 Å². The first-order valence-corrected chi connectivity index (χ1v) is 9.77. The van der Waals surface area contributed by atoms with Crippen molar-refractivity contribution in [2.75, 3.05) is 23.1 Å². The van der Waals surface area contributed by atoms with Gasteiger partial charge in [0.1, 0.15) is 0 Å². The molecule has 1 heterocycles. The Balaban J connectivity index is 1.66. The van der Waals surface area contributed by atoms with E-state index in [0.717, 1.165) is 32.4 Å². The smallest absolute Gasteiger partial charge is 0.321 e. The average Bonchev–Trinajstić information content (AvgIpc) is 2.63. The van der Waals surface area contributed by atoms with Gasteiger partial charge in [0.15, 0.2) is 0 Å². The second-order valence-electron chi connectivity index (χ2n) is 5.97. The van der Waals surface area contributed by atoms with Gasteiger partial charge >= 0.3 is 6.03 Å². The van der Waals surface area contributed by atoms with Gasteiger partial charge in [-0.1, -0.05) is 18.2 Å². The van der Waals surface area contributed by atoms with Gasteiger partial charge in [-0.25, -0.2) is 13.2 Å². The maximum absolute atomic E-state index is 12.4. The number of anilines is 2. The fourth-order valence-corrected chi connectivity index (χ4v) is 3.80. The van der Waals surface area contributed by atoms with Crippen LogP contribution in [0.25, 0.3) is 0 Å². The number of carbonyl (C=O) groups excluding carboxylic acids is 1. The zero-order chi connectivity index (χ0) is 17.7. The van der Waals surface area contributed by atoms with Crippen LogP contribution in [0.3, 0.4) is 0 Å². The predicted octanol–water partition coefficient (Wildman–Crippen LogP) is 3.51. The molecule has 1 saturated heterocycles. The van der Waals surface area contributed by atoms with Crippen molar-refractivity contribution in [1.29, 1.82) is 0 Å². The van der Waals surface area contributed by atoms with Crippen LogP contribution in [0.15, 0.2) is 59.5 Å². The second-order valence-corrected chi connectivity index (χ2v) is 7.66. The first-order valence-electron chi connectivity index (χ1n) is 8.28. The monoisotopic (exact) mass is 359 g/mol. The number of likely N-dealkylation sites (tertiary alicyclic amines) is 1. The van der Waals surface area contributed by atoms with Crippen molar-refractivity contribution in [2.45, 2.75) is 24.2 Å². The molecule has 132 valence electrons. The molecule has 6 nitrogen and oxygen atoms in total. The molecule has 3 rings (SSSR count). The Hall–Kier alpha value is -2.54. The van der Waals surface area contributed by atoms with Gasteiger partial charge in [0.05, 0.1) is 4.90 Å². The number of sulfonamides is 1. The van der Waals surface area contributed by atoms with Crippen LogP contribution in [-0.2, 0) is 10.0 Å². The van der Waals surface area contributed by atoms with Gasteiger partial charge in [0, 0.05) is 24.5 Å². The number of rotatable bonds is 4. The third-order valence-electron chi connectivity index (χ3n) is 4.09. The summed E-state index contributed by atoms with van der Waals surface area (Å²) in [5.41, 5.74) is 1.08. The summed E-state index contributed by atoms with van der Waals surface area (Å²) in [6.45, 7) is 1.53. The Morgan fingerprint density at radius 1 is 0.840 bits per heavy atom. The SMILES string of the molecule is O=C(Nc1ccc(S(=O)(=O)Nc2ccccc2)cc1)N1CCCCC1. The van der Waals surface area contributed by atoms with Gasteiger partial charge in [-0.15, -0.1) is 0 Å². The van der Waals surface area contributed by atoms with Crippen LogP contribution in [0.5, 0.6) is 0 Å². The summed E-state index contributed by atoms with van der Waals surface area (Å²) in [5.74, 6) is 0. The molecule has 0 aromatic heterocycles. The van der Waals surface area contributed by atoms with Gasteiger partial charge in [-0.3, -0.25) is 4.72 Å². The zero-order valence-electron chi connectivity index (χ0n) is 13.8. The van der Waals surface area contributed by atoms with Crippen LogP contribution in [0.1, 0.15) is 19.3 Å². The van der Waals surface area contributed by atoms with Gasteiger partial charge in [-0.05, 0) is 55.7 Å². The fraction of sp³-hybridized carbons (Fsp3) is 0.278. The summed E-state index contributed by atoms with van der Waals surface area (Å²) in [4.78, 5) is 14.1.